The first-order chi connectivity index (χ1) is 14.3. The first-order valence-electron chi connectivity index (χ1n) is 11.1. The smallest absolute Gasteiger partial charge is 0.237 e. The van der Waals surface area contributed by atoms with Gasteiger partial charge in [0.1, 0.15) is 0 Å². The van der Waals surface area contributed by atoms with E-state index in [-0.39, 0.29) is 28.5 Å². The Bertz CT molecular complexity index is 847. The van der Waals surface area contributed by atoms with Crippen LogP contribution in [-0.2, 0) is 21.2 Å². The Morgan fingerprint density at radius 2 is 1.93 bits per heavy atom. The summed E-state index contributed by atoms with van der Waals surface area (Å²) in [5.41, 5.74) is 0.900. The number of hydrogen-bond donors (Lipinski definition) is 3. The SMILES string of the molecule is CC1CC(Cl)CCC1S(=O)(=O)c1ccc(CNC(=O)C2CC3CNCCC3N2)cc1. The molecule has 1 aromatic rings. The molecule has 8 heteroatoms. The van der Waals surface area contributed by atoms with Gasteiger partial charge in [0, 0.05) is 18.0 Å². The minimum atomic E-state index is -3.37. The second-order valence-electron chi connectivity index (χ2n) is 9.15. The molecule has 2 saturated heterocycles. The van der Waals surface area contributed by atoms with Gasteiger partial charge in [0.2, 0.25) is 5.91 Å². The number of halogens is 1. The maximum absolute atomic E-state index is 13.1. The summed E-state index contributed by atoms with van der Waals surface area (Å²) in [6.07, 6.45) is 4.02. The monoisotopic (exact) mass is 453 g/mol. The molecule has 6 nitrogen and oxygen atoms in total. The summed E-state index contributed by atoms with van der Waals surface area (Å²) < 4.78 is 26.1. The Balaban J connectivity index is 1.33. The number of carbonyl (C=O) groups is 1. The van der Waals surface area contributed by atoms with E-state index >= 15 is 0 Å². The first-order valence-corrected chi connectivity index (χ1v) is 13.0. The topological polar surface area (TPSA) is 87.3 Å². The van der Waals surface area contributed by atoms with E-state index in [1.54, 1.807) is 24.3 Å². The maximum atomic E-state index is 13.1. The normalized spacial score (nSPS) is 34.3. The third-order valence-corrected chi connectivity index (χ3v) is 9.84. The van der Waals surface area contributed by atoms with Gasteiger partial charge in [-0.1, -0.05) is 19.1 Å². The van der Waals surface area contributed by atoms with Crippen LogP contribution in [0.2, 0.25) is 0 Å². The number of fused-ring (bicyclic) bond motifs is 1. The highest BCUT2D eigenvalue weighted by Crippen LogP contribution is 2.35. The van der Waals surface area contributed by atoms with Gasteiger partial charge in [0.15, 0.2) is 9.84 Å². The van der Waals surface area contributed by atoms with Gasteiger partial charge in [-0.05, 0) is 74.7 Å². The van der Waals surface area contributed by atoms with Crippen molar-refractivity contribution in [2.75, 3.05) is 13.1 Å². The fraction of sp³-hybridized carbons (Fsp3) is 0.682. The van der Waals surface area contributed by atoms with E-state index in [2.05, 4.69) is 16.0 Å². The fourth-order valence-electron chi connectivity index (χ4n) is 5.25. The van der Waals surface area contributed by atoms with Crippen LogP contribution >= 0.6 is 11.6 Å². The molecule has 4 rings (SSSR count). The summed E-state index contributed by atoms with van der Waals surface area (Å²) in [7, 11) is -3.37. The highest BCUT2D eigenvalue weighted by molar-refractivity contribution is 7.92. The van der Waals surface area contributed by atoms with Crippen molar-refractivity contribution in [3.05, 3.63) is 29.8 Å². The molecule has 0 spiro atoms. The van der Waals surface area contributed by atoms with Crippen molar-refractivity contribution < 1.29 is 13.2 Å². The van der Waals surface area contributed by atoms with Gasteiger partial charge in [-0.25, -0.2) is 8.42 Å². The minimum absolute atomic E-state index is 0.0211. The number of hydrogen-bond acceptors (Lipinski definition) is 5. The van der Waals surface area contributed by atoms with E-state index in [9.17, 15) is 13.2 Å². The Morgan fingerprint density at radius 1 is 1.17 bits per heavy atom. The van der Waals surface area contributed by atoms with Crippen molar-refractivity contribution in [2.45, 2.75) is 73.2 Å². The molecule has 3 N–H and O–H groups in total. The lowest BCUT2D eigenvalue weighted by atomic mass is 9.90. The molecule has 0 bridgehead atoms. The number of benzene rings is 1. The van der Waals surface area contributed by atoms with E-state index in [0.717, 1.165) is 44.3 Å². The lowest BCUT2D eigenvalue weighted by Crippen LogP contribution is -2.45. The molecule has 0 aromatic heterocycles. The van der Waals surface area contributed by atoms with Crippen molar-refractivity contribution in [1.82, 2.24) is 16.0 Å². The number of rotatable bonds is 5. The minimum Gasteiger partial charge on any atom is -0.351 e. The largest absolute Gasteiger partial charge is 0.351 e. The molecule has 166 valence electrons. The zero-order chi connectivity index (χ0) is 21.3. The molecule has 1 aliphatic carbocycles. The molecule has 30 heavy (non-hydrogen) atoms. The van der Waals surface area contributed by atoms with Gasteiger partial charge >= 0.3 is 0 Å². The highest BCUT2D eigenvalue weighted by atomic mass is 35.5. The van der Waals surface area contributed by atoms with Crippen molar-refractivity contribution in [3.63, 3.8) is 0 Å². The van der Waals surface area contributed by atoms with E-state index in [1.165, 1.54) is 0 Å². The summed E-state index contributed by atoms with van der Waals surface area (Å²) in [6.45, 7) is 4.36. The lowest BCUT2D eigenvalue weighted by Gasteiger charge is -2.31. The van der Waals surface area contributed by atoms with Crippen LogP contribution in [0.4, 0.5) is 0 Å². The number of piperidine rings is 1. The number of amides is 1. The third-order valence-electron chi connectivity index (χ3n) is 7.02. The molecule has 0 radical (unpaired) electrons. The van der Waals surface area contributed by atoms with Crippen molar-refractivity contribution >= 4 is 27.3 Å². The van der Waals surface area contributed by atoms with Crippen LogP contribution in [0.15, 0.2) is 29.2 Å². The summed E-state index contributed by atoms with van der Waals surface area (Å²) in [5, 5.41) is 9.56. The van der Waals surface area contributed by atoms with Gasteiger partial charge < -0.3 is 16.0 Å². The average molecular weight is 454 g/mol. The summed E-state index contributed by atoms with van der Waals surface area (Å²) in [4.78, 5) is 12.9. The molecule has 6 atom stereocenters. The lowest BCUT2D eigenvalue weighted by molar-refractivity contribution is -0.123. The summed E-state index contributed by atoms with van der Waals surface area (Å²) in [5.74, 6) is 0.603. The molecule has 2 aliphatic heterocycles. The van der Waals surface area contributed by atoms with Gasteiger partial charge in [-0.3, -0.25) is 4.79 Å². The van der Waals surface area contributed by atoms with Crippen molar-refractivity contribution in [2.24, 2.45) is 11.8 Å². The van der Waals surface area contributed by atoms with Crippen LogP contribution in [0.5, 0.6) is 0 Å². The Hall–Kier alpha value is -1.15. The second kappa shape index (κ2) is 9.15. The van der Waals surface area contributed by atoms with Gasteiger partial charge in [-0.2, -0.15) is 0 Å². The summed E-state index contributed by atoms with van der Waals surface area (Å²) in [6, 6.07) is 7.24. The van der Waals surface area contributed by atoms with Crippen LogP contribution < -0.4 is 16.0 Å². The Kier molecular flexibility index (Phi) is 6.73. The zero-order valence-corrected chi connectivity index (χ0v) is 19.0. The molecule has 1 amide bonds. The molecule has 2 heterocycles. The van der Waals surface area contributed by atoms with E-state index < -0.39 is 9.84 Å². The number of carbonyl (C=O) groups excluding carboxylic acids is 1. The molecular formula is C22H32ClN3O3S. The number of nitrogens with one attached hydrogen (secondary N) is 3. The zero-order valence-electron chi connectivity index (χ0n) is 17.4. The van der Waals surface area contributed by atoms with E-state index in [1.807, 2.05) is 6.92 Å². The van der Waals surface area contributed by atoms with Gasteiger partial charge in [0.05, 0.1) is 16.2 Å². The fourth-order valence-corrected chi connectivity index (χ4v) is 7.69. The van der Waals surface area contributed by atoms with Crippen LogP contribution in [0.1, 0.15) is 44.6 Å². The number of sulfone groups is 1. The van der Waals surface area contributed by atoms with Crippen LogP contribution in [0.3, 0.4) is 0 Å². The predicted octanol–water partition coefficient (Wildman–Crippen LogP) is 2.21. The van der Waals surface area contributed by atoms with Crippen molar-refractivity contribution in [3.8, 4) is 0 Å². The highest BCUT2D eigenvalue weighted by Gasteiger charge is 2.38. The van der Waals surface area contributed by atoms with Crippen LogP contribution in [0.25, 0.3) is 0 Å². The molecule has 6 unspecified atom stereocenters. The van der Waals surface area contributed by atoms with E-state index in [0.29, 0.717) is 29.8 Å². The van der Waals surface area contributed by atoms with E-state index in [4.69, 9.17) is 11.6 Å². The number of alkyl halides is 1. The first kappa shape index (κ1) is 22.1. The second-order valence-corrected chi connectivity index (χ2v) is 11.9. The van der Waals surface area contributed by atoms with Crippen molar-refractivity contribution in [1.29, 1.82) is 0 Å². The quantitative estimate of drug-likeness (QED) is 0.595. The predicted molar refractivity (Wildman–Crippen MR) is 118 cm³/mol. The molecule has 1 aromatic carbocycles. The Labute approximate surface area is 184 Å². The van der Waals surface area contributed by atoms with Crippen LogP contribution in [0, 0.1) is 11.8 Å². The van der Waals surface area contributed by atoms with Gasteiger partial charge in [-0.15, -0.1) is 11.6 Å². The summed E-state index contributed by atoms with van der Waals surface area (Å²) >= 11 is 6.20. The molecular weight excluding hydrogens is 422 g/mol. The third kappa shape index (κ3) is 4.69. The Morgan fingerprint density at radius 3 is 2.63 bits per heavy atom. The van der Waals surface area contributed by atoms with Crippen LogP contribution in [-0.4, -0.2) is 50.1 Å². The average Bonchev–Trinajstić information content (AvgIpc) is 3.16. The molecule has 3 fully saturated rings. The molecule has 3 aliphatic rings. The standard InChI is InChI=1S/C22H32ClN3O3S/c1-14-10-17(23)4-7-21(14)30(28,29)18-5-2-15(3-6-18)12-25-22(27)20-11-16-13-24-9-8-19(16)26-20/h2-3,5-6,14,16-17,19-21,24,26H,4,7-13H2,1H3,(H,25,27). The molecule has 1 saturated carbocycles. The van der Waals surface area contributed by atoms with Gasteiger partial charge in [0.25, 0.3) is 0 Å². The maximum Gasteiger partial charge on any atom is 0.237 e.